The van der Waals surface area contributed by atoms with Crippen LogP contribution in [-0.4, -0.2) is 66.8 Å². The van der Waals surface area contributed by atoms with Crippen LogP contribution in [0.4, 0.5) is 0 Å². The van der Waals surface area contributed by atoms with Gasteiger partial charge >= 0.3 is 0 Å². The van der Waals surface area contributed by atoms with Crippen molar-refractivity contribution in [3.05, 3.63) is 17.7 Å². The molecule has 2 rings (SSSR count). The summed E-state index contributed by atoms with van der Waals surface area (Å²) in [6.45, 7) is 4.27. The van der Waals surface area contributed by atoms with E-state index in [1.165, 1.54) is 7.11 Å². The number of hydrogen-bond acceptors (Lipinski definition) is 5. The van der Waals surface area contributed by atoms with E-state index in [0.29, 0.717) is 31.9 Å². The second-order valence-electron chi connectivity index (χ2n) is 5.50. The number of imidazole rings is 1. The van der Waals surface area contributed by atoms with Crippen LogP contribution in [0, 0.1) is 0 Å². The topological polar surface area (TPSA) is 85.7 Å². The molecule has 1 aromatic rings. The van der Waals surface area contributed by atoms with Gasteiger partial charge in [-0.2, -0.15) is 0 Å². The molecule has 1 aromatic heterocycles. The normalized spacial score (nSPS) is 17.0. The van der Waals surface area contributed by atoms with Gasteiger partial charge in [-0.15, -0.1) is 0 Å². The quantitative estimate of drug-likeness (QED) is 0.698. The zero-order chi connectivity index (χ0) is 16.8. The van der Waals surface area contributed by atoms with E-state index < -0.39 is 0 Å². The van der Waals surface area contributed by atoms with E-state index in [1.54, 1.807) is 12.0 Å². The Morgan fingerprint density at radius 2 is 2.13 bits per heavy atom. The summed E-state index contributed by atoms with van der Waals surface area (Å²) in [5.74, 6) is 0.672. The lowest BCUT2D eigenvalue weighted by Gasteiger charge is -2.33. The molecule has 1 N–H and O–H groups in total. The number of hydrogen-bond donors (Lipinski definition) is 1. The van der Waals surface area contributed by atoms with Crippen LogP contribution in [0.5, 0.6) is 0 Å². The van der Waals surface area contributed by atoms with Gasteiger partial charge in [0.2, 0.25) is 11.8 Å². The van der Waals surface area contributed by atoms with Crippen molar-refractivity contribution in [2.45, 2.75) is 25.9 Å². The molecule has 0 aliphatic carbocycles. The molecule has 0 saturated carbocycles. The highest BCUT2D eigenvalue weighted by molar-refractivity contribution is 5.78. The zero-order valence-corrected chi connectivity index (χ0v) is 13.9. The van der Waals surface area contributed by atoms with Crippen LogP contribution < -0.4 is 5.32 Å². The molecule has 8 heteroatoms. The van der Waals surface area contributed by atoms with Crippen molar-refractivity contribution in [2.75, 3.05) is 40.5 Å². The van der Waals surface area contributed by atoms with Gasteiger partial charge in [-0.05, 0) is 6.92 Å². The van der Waals surface area contributed by atoms with E-state index in [4.69, 9.17) is 9.47 Å². The molecule has 128 valence electrons. The van der Waals surface area contributed by atoms with Crippen LogP contribution in [0.2, 0.25) is 0 Å². The molecule has 1 atom stereocenters. The lowest BCUT2D eigenvalue weighted by Crippen LogP contribution is -2.42. The number of carbonyl (C=O) groups excluding carboxylic acids is 2. The number of amides is 2. The van der Waals surface area contributed by atoms with Gasteiger partial charge in [0.1, 0.15) is 12.4 Å². The second-order valence-corrected chi connectivity index (χ2v) is 5.50. The average Bonchev–Trinajstić information content (AvgIpc) is 2.91. The predicted molar refractivity (Wildman–Crippen MR) is 82.8 cm³/mol. The molecule has 2 heterocycles. The average molecular weight is 324 g/mol. The Labute approximate surface area is 135 Å². The number of fused-ring (bicyclic) bond motifs is 1. The van der Waals surface area contributed by atoms with Crippen molar-refractivity contribution in [1.82, 2.24) is 19.8 Å². The molecule has 2 amide bonds. The Morgan fingerprint density at radius 3 is 2.83 bits per heavy atom. The highest BCUT2D eigenvalue weighted by Crippen LogP contribution is 2.24. The number of aromatic nitrogens is 2. The third-order valence-corrected chi connectivity index (χ3v) is 3.84. The molecule has 1 aliphatic rings. The molecule has 23 heavy (non-hydrogen) atoms. The maximum absolute atomic E-state index is 12.0. The molecule has 1 aliphatic heterocycles. The molecule has 0 aromatic carbocycles. The van der Waals surface area contributed by atoms with Crippen LogP contribution in [0.1, 0.15) is 24.5 Å². The number of nitrogens with one attached hydrogen (secondary N) is 1. The second kappa shape index (κ2) is 8.07. The SMILES string of the molecule is COCCNC(=O)Cc1cn2c(n1)C(C)N(C(=O)COC)CC2. The number of nitrogens with zero attached hydrogens (tertiary/aromatic N) is 3. The molecule has 0 saturated heterocycles. The molecule has 0 bridgehead atoms. The number of ether oxygens (including phenoxy) is 2. The van der Waals surface area contributed by atoms with E-state index >= 15 is 0 Å². The maximum atomic E-state index is 12.0. The summed E-state index contributed by atoms with van der Waals surface area (Å²) >= 11 is 0. The first-order valence-electron chi connectivity index (χ1n) is 7.66. The summed E-state index contributed by atoms with van der Waals surface area (Å²) in [5, 5.41) is 2.77. The molecule has 0 radical (unpaired) electrons. The van der Waals surface area contributed by atoms with Crippen LogP contribution in [0.25, 0.3) is 0 Å². The summed E-state index contributed by atoms with van der Waals surface area (Å²) in [6, 6.07) is -0.128. The smallest absolute Gasteiger partial charge is 0.249 e. The molecule has 0 fully saturated rings. The fourth-order valence-corrected chi connectivity index (χ4v) is 2.70. The summed E-state index contributed by atoms with van der Waals surface area (Å²) in [7, 11) is 3.10. The van der Waals surface area contributed by atoms with Gasteiger partial charge in [0.25, 0.3) is 0 Å². The van der Waals surface area contributed by atoms with E-state index in [9.17, 15) is 9.59 Å². The van der Waals surface area contributed by atoms with Gasteiger partial charge in [-0.3, -0.25) is 9.59 Å². The van der Waals surface area contributed by atoms with Gasteiger partial charge < -0.3 is 24.3 Å². The fourth-order valence-electron chi connectivity index (χ4n) is 2.70. The monoisotopic (exact) mass is 324 g/mol. The number of carbonyl (C=O) groups is 2. The Kier molecular flexibility index (Phi) is 6.12. The third kappa shape index (κ3) is 4.29. The third-order valence-electron chi connectivity index (χ3n) is 3.84. The summed E-state index contributed by atoms with van der Waals surface area (Å²) < 4.78 is 11.8. The van der Waals surface area contributed by atoms with E-state index in [0.717, 1.165) is 5.82 Å². The van der Waals surface area contributed by atoms with Crippen molar-refractivity contribution < 1.29 is 19.1 Å². The first kappa shape index (κ1) is 17.4. The van der Waals surface area contributed by atoms with E-state index in [-0.39, 0.29) is 30.9 Å². The van der Waals surface area contributed by atoms with Gasteiger partial charge in [0, 0.05) is 40.1 Å². The van der Waals surface area contributed by atoms with Crippen LogP contribution in [-0.2, 0) is 32.0 Å². The van der Waals surface area contributed by atoms with Crippen LogP contribution in [0.3, 0.4) is 0 Å². The van der Waals surface area contributed by atoms with Crippen molar-refractivity contribution in [2.24, 2.45) is 0 Å². The first-order valence-corrected chi connectivity index (χ1v) is 7.66. The molecule has 8 nitrogen and oxygen atoms in total. The predicted octanol–water partition coefficient (Wildman–Crippen LogP) is -0.262. The summed E-state index contributed by atoms with van der Waals surface area (Å²) in [5.41, 5.74) is 0.711. The molecule has 1 unspecified atom stereocenters. The minimum Gasteiger partial charge on any atom is -0.383 e. The Balaban J connectivity index is 2.00. The maximum Gasteiger partial charge on any atom is 0.249 e. The molecular formula is C15H24N4O4. The number of methoxy groups -OCH3 is 2. The van der Waals surface area contributed by atoms with Crippen LogP contribution >= 0.6 is 0 Å². The Morgan fingerprint density at radius 1 is 1.35 bits per heavy atom. The van der Waals surface area contributed by atoms with E-state index in [1.807, 2.05) is 17.7 Å². The standard InChI is InChI=1S/C15H24N4O4/c1-11-15-17-12(8-13(20)16-4-7-22-2)9-18(15)5-6-19(11)14(21)10-23-3/h9,11H,4-8,10H2,1-3H3,(H,16,20). The van der Waals surface area contributed by atoms with E-state index in [2.05, 4.69) is 10.3 Å². The number of rotatable bonds is 7. The molecular weight excluding hydrogens is 300 g/mol. The van der Waals surface area contributed by atoms with Crippen molar-refractivity contribution in [3.8, 4) is 0 Å². The summed E-state index contributed by atoms with van der Waals surface area (Å²) in [6.07, 6.45) is 2.11. The van der Waals surface area contributed by atoms with Gasteiger partial charge in [-0.1, -0.05) is 0 Å². The van der Waals surface area contributed by atoms with Crippen molar-refractivity contribution >= 4 is 11.8 Å². The summed E-state index contributed by atoms with van der Waals surface area (Å²) in [4.78, 5) is 30.2. The lowest BCUT2D eigenvalue weighted by molar-refractivity contribution is -0.138. The largest absolute Gasteiger partial charge is 0.383 e. The first-order chi connectivity index (χ1) is 11.1. The van der Waals surface area contributed by atoms with Crippen LogP contribution in [0.15, 0.2) is 6.20 Å². The van der Waals surface area contributed by atoms with Crippen molar-refractivity contribution in [1.29, 1.82) is 0 Å². The van der Waals surface area contributed by atoms with Gasteiger partial charge in [-0.25, -0.2) is 4.98 Å². The minimum absolute atomic E-state index is 0.0480. The van der Waals surface area contributed by atoms with Gasteiger partial charge in [0.15, 0.2) is 0 Å². The van der Waals surface area contributed by atoms with Gasteiger partial charge in [0.05, 0.1) is 24.8 Å². The fraction of sp³-hybridized carbons (Fsp3) is 0.667. The zero-order valence-electron chi connectivity index (χ0n) is 13.9. The minimum atomic E-state index is -0.128. The highest BCUT2D eigenvalue weighted by Gasteiger charge is 2.29. The highest BCUT2D eigenvalue weighted by atomic mass is 16.5. The Hall–Kier alpha value is -1.93. The Bertz CT molecular complexity index is 558. The molecule has 0 spiro atoms. The van der Waals surface area contributed by atoms with Crippen molar-refractivity contribution in [3.63, 3.8) is 0 Å². The lowest BCUT2D eigenvalue weighted by atomic mass is 10.2.